The minimum absolute atomic E-state index is 0.239. The Labute approximate surface area is 229 Å². The molecule has 0 unspecified atom stereocenters. The molecule has 3 aromatic rings. The number of hydrogen-bond donors (Lipinski definition) is 1. The number of carbonyl (C=O) groups is 1. The van der Waals surface area contributed by atoms with Gasteiger partial charge in [0.05, 0.1) is 12.2 Å². The van der Waals surface area contributed by atoms with Crippen LogP contribution in [0, 0.1) is 0 Å². The van der Waals surface area contributed by atoms with Crippen LogP contribution in [0.2, 0.25) is 0 Å². The third kappa shape index (κ3) is 8.05. The summed E-state index contributed by atoms with van der Waals surface area (Å²) in [4.78, 5) is 12.4. The van der Waals surface area contributed by atoms with Crippen molar-refractivity contribution in [1.29, 1.82) is 0 Å². The second kappa shape index (κ2) is 13.6. The molecule has 0 saturated heterocycles. The molecular weight excluding hydrogens is 581 g/mol. The van der Waals surface area contributed by atoms with Gasteiger partial charge in [-0.25, -0.2) is 4.79 Å². The van der Waals surface area contributed by atoms with E-state index in [9.17, 15) is 39.6 Å². The van der Waals surface area contributed by atoms with Gasteiger partial charge in [-0.05, 0) is 42.4 Å². The van der Waals surface area contributed by atoms with Gasteiger partial charge in [0, 0.05) is 6.92 Å². The van der Waals surface area contributed by atoms with Crippen LogP contribution in [0.1, 0.15) is 37.0 Å². The predicted octanol–water partition coefficient (Wildman–Crippen LogP) is 6.16. The number of ether oxygens (including phenoxy) is 1. The van der Waals surface area contributed by atoms with Crippen LogP contribution < -0.4 is 15.9 Å². The highest BCUT2D eigenvalue weighted by Gasteiger charge is 2.75. The molecule has 0 aromatic heterocycles. The lowest BCUT2D eigenvalue weighted by Gasteiger charge is -2.28. The fourth-order valence-corrected chi connectivity index (χ4v) is 6.02. The van der Waals surface area contributed by atoms with Crippen LogP contribution in [0.4, 0.5) is 26.3 Å². The van der Waals surface area contributed by atoms with Gasteiger partial charge in [0.2, 0.25) is 0 Å². The fourth-order valence-electron chi connectivity index (χ4n) is 3.18. The van der Waals surface area contributed by atoms with E-state index < -0.39 is 42.1 Å². The molecule has 0 saturated carbocycles. The molecule has 0 aliphatic heterocycles. The molecule has 0 heterocycles. The van der Waals surface area contributed by atoms with Gasteiger partial charge in [0.25, 0.3) is 0 Å². The number of halogens is 6. The van der Waals surface area contributed by atoms with Crippen molar-refractivity contribution >= 4 is 39.9 Å². The Morgan fingerprint density at radius 3 is 1.70 bits per heavy atom. The smallest absolute Gasteiger partial charge is 0.437 e. The van der Waals surface area contributed by atoms with Crippen LogP contribution >= 0.6 is 7.92 Å². The quantitative estimate of drug-likeness (QED) is 0.0981. The summed E-state index contributed by atoms with van der Waals surface area (Å²) in [6.07, 6.45) is 1.91. The van der Waals surface area contributed by atoms with E-state index in [4.69, 9.17) is 9.29 Å². The number of alkyl halides is 6. The first-order valence-corrected chi connectivity index (χ1v) is 14.6. The molecule has 5 nitrogen and oxygen atoms in total. The number of esters is 1. The molecule has 40 heavy (non-hydrogen) atoms. The van der Waals surface area contributed by atoms with Gasteiger partial charge in [0.1, 0.15) is 0 Å². The monoisotopic (exact) mass is 608 g/mol. The number of unbranched alkanes of at least 4 members (excludes halogenated alkanes) is 1. The van der Waals surface area contributed by atoms with E-state index in [-0.39, 0.29) is 5.97 Å². The van der Waals surface area contributed by atoms with Crippen molar-refractivity contribution in [3.63, 3.8) is 0 Å². The molecule has 0 radical (unpaired) electrons. The first-order valence-electron chi connectivity index (χ1n) is 11.8. The van der Waals surface area contributed by atoms with Crippen LogP contribution in [0.25, 0.3) is 0 Å². The summed E-state index contributed by atoms with van der Waals surface area (Å²) >= 11 is 0. The average molecular weight is 609 g/mol. The number of hydrogen-bond acceptors (Lipinski definition) is 4. The summed E-state index contributed by atoms with van der Waals surface area (Å²) in [5.41, 5.74) is 0.623. The summed E-state index contributed by atoms with van der Waals surface area (Å²) in [6.45, 7) is 1.97. The molecule has 0 atom stereocenters. The largest absolute Gasteiger partial charge is 0.462 e. The summed E-state index contributed by atoms with van der Waals surface area (Å²) < 4.78 is 105. The SMILES string of the molecule is CC(F)(F)C(F)(F)C(F)(F)S(=O)(=O)O.CCCCOC(=O)c1cccc(P(c2ccccc2)c2ccccc2)c1. The first-order chi connectivity index (χ1) is 18.5. The van der Waals surface area contributed by atoms with Crippen LogP contribution in [0.15, 0.2) is 84.9 Å². The van der Waals surface area contributed by atoms with Gasteiger partial charge in [-0.2, -0.15) is 34.8 Å². The second-order valence-corrected chi connectivity index (χ2v) is 12.2. The Hall–Kier alpha value is -2.95. The molecule has 218 valence electrons. The van der Waals surface area contributed by atoms with Crippen LogP contribution in [0.3, 0.4) is 0 Å². The second-order valence-electron chi connectivity index (χ2n) is 8.50. The summed E-state index contributed by atoms with van der Waals surface area (Å²) in [6, 6.07) is 28.8. The van der Waals surface area contributed by atoms with Gasteiger partial charge in [0.15, 0.2) is 0 Å². The Bertz CT molecular complexity index is 1310. The third-order valence-electron chi connectivity index (χ3n) is 5.34. The van der Waals surface area contributed by atoms with Crippen molar-refractivity contribution in [1.82, 2.24) is 0 Å². The molecule has 0 spiro atoms. The highest BCUT2D eigenvalue weighted by molar-refractivity contribution is 7.87. The lowest BCUT2D eigenvalue weighted by Crippen LogP contribution is -2.56. The van der Waals surface area contributed by atoms with Crippen molar-refractivity contribution in [2.75, 3.05) is 6.61 Å². The number of benzene rings is 3. The summed E-state index contributed by atoms with van der Waals surface area (Å²) in [7, 11) is -7.32. The Morgan fingerprint density at radius 2 is 1.30 bits per heavy atom. The van der Waals surface area contributed by atoms with Crippen LogP contribution in [-0.4, -0.2) is 42.6 Å². The predicted molar refractivity (Wildman–Crippen MR) is 142 cm³/mol. The van der Waals surface area contributed by atoms with Crippen molar-refractivity contribution in [2.45, 2.75) is 43.8 Å². The molecule has 1 N–H and O–H groups in total. The zero-order valence-electron chi connectivity index (χ0n) is 21.4. The summed E-state index contributed by atoms with van der Waals surface area (Å²) in [5.74, 6) is -11.7. The lowest BCUT2D eigenvalue weighted by molar-refractivity contribution is -0.273. The van der Waals surface area contributed by atoms with E-state index in [0.29, 0.717) is 12.2 Å². The minimum atomic E-state index is -6.61. The van der Waals surface area contributed by atoms with E-state index in [1.807, 2.05) is 30.3 Å². The molecule has 0 aliphatic rings. The van der Waals surface area contributed by atoms with E-state index in [2.05, 4.69) is 61.5 Å². The first kappa shape index (κ1) is 33.3. The van der Waals surface area contributed by atoms with Gasteiger partial charge < -0.3 is 4.74 Å². The van der Waals surface area contributed by atoms with Crippen molar-refractivity contribution in [3.8, 4) is 0 Å². The van der Waals surface area contributed by atoms with E-state index in [0.717, 1.165) is 18.1 Å². The maximum atomic E-state index is 12.4. The van der Waals surface area contributed by atoms with Crippen LogP contribution in [0.5, 0.6) is 0 Å². The molecule has 0 fully saturated rings. The van der Waals surface area contributed by atoms with Gasteiger partial charge in [-0.15, -0.1) is 0 Å². The molecule has 3 rings (SSSR count). The Morgan fingerprint density at radius 1 is 0.825 bits per heavy atom. The summed E-state index contributed by atoms with van der Waals surface area (Å²) in [5, 5.41) is -2.55. The normalized spacial score (nSPS) is 12.4. The average Bonchev–Trinajstić information content (AvgIpc) is 2.89. The molecule has 0 aliphatic carbocycles. The highest BCUT2D eigenvalue weighted by Crippen LogP contribution is 2.47. The molecule has 3 aromatic carbocycles. The van der Waals surface area contributed by atoms with E-state index in [1.54, 1.807) is 0 Å². The topological polar surface area (TPSA) is 80.7 Å². The lowest BCUT2D eigenvalue weighted by atomic mass is 10.2. The van der Waals surface area contributed by atoms with Gasteiger partial charge >= 0.3 is 33.2 Å². The maximum absolute atomic E-state index is 12.4. The zero-order chi connectivity index (χ0) is 30.2. The Balaban J connectivity index is 0.000000342. The zero-order valence-corrected chi connectivity index (χ0v) is 23.1. The van der Waals surface area contributed by atoms with Crippen LogP contribution in [-0.2, 0) is 14.9 Å². The third-order valence-corrected chi connectivity index (χ3v) is 8.67. The molecular formula is C27H27F6O5PS. The highest BCUT2D eigenvalue weighted by atomic mass is 32.2. The van der Waals surface area contributed by atoms with Crippen molar-refractivity contribution in [2.24, 2.45) is 0 Å². The molecule has 0 bridgehead atoms. The van der Waals surface area contributed by atoms with E-state index >= 15 is 0 Å². The fraction of sp³-hybridized carbons (Fsp3) is 0.296. The van der Waals surface area contributed by atoms with Gasteiger partial charge in [-0.3, -0.25) is 4.55 Å². The van der Waals surface area contributed by atoms with Crippen molar-refractivity contribution < 1.29 is 48.8 Å². The molecule has 13 heteroatoms. The number of carbonyl (C=O) groups excluding carboxylic acids is 1. The molecule has 0 amide bonds. The Kier molecular flexibility index (Phi) is 11.3. The minimum Gasteiger partial charge on any atom is -0.462 e. The van der Waals surface area contributed by atoms with Crippen molar-refractivity contribution in [3.05, 3.63) is 90.5 Å². The van der Waals surface area contributed by atoms with Gasteiger partial charge in [-0.1, -0.05) is 86.1 Å². The number of rotatable bonds is 10. The van der Waals surface area contributed by atoms with E-state index in [1.165, 1.54) is 10.6 Å². The standard InChI is InChI=1S/C23H23O2P.C4H4F6O3S/c1-2-3-17-25-23(24)19-11-10-16-22(18-19)26(20-12-6-4-7-13-20)21-14-8-5-9-15-21;1-2(5,6)3(7,8)4(9,10)14(11,12)13/h4-16,18H,2-3,17H2,1H3;1H3,(H,11,12,13). The maximum Gasteiger partial charge on any atom is 0.437 e.